The van der Waals surface area contributed by atoms with Crippen molar-refractivity contribution in [2.75, 3.05) is 26.2 Å². The molecule has 1 aromatic carbocycles. The smallest absolute Gasteiger partial charge is 0.236 e. The number of thiazole rings is 1. The first-order valence-electron chi connectivity index (χ1n) is 10.7. The average molecular weight is 409 g/mol. The lowest BCUT2D eigenvalue weighted by molar-refractivity contribution is -0.133. The van der Waals surface area contributed by atoms with E-state index >= 15 is 0 Å². The van der Waals surface area contributed by atoms with Crippen LogP contribution in [0.4, 0.5) is 0 Å². The topological polar surface area (TPSA) is 41.4 Å². The van der Waals surface area contributed by atoms with E-state index in [2.05, 4.69) is 57.9 Å². The molecule has 0 aliphatic carbocycles. The van der Waals surface area contributed by atoms with E-state index in [0.717, 1.165) is 50.8 Å². The van der Waals surface area contributed by atoms with Gasteiger partial charge in [0.15, 0.2) is 0 Å². The normalized spacial score (nSPS) is 23.1. The summed E-state index contributed by atoms with van der Waals surface area (Å²) in [6.07, 6.45) is 6.59. The Labute approximate surface area is 175 Å². The SMILES string of the molecule is Cn1cccc1[C@@H]1CCCN1CC(=O)N1CCC[C@@H](c2nc3ccccc3s2)C1. The fraction of sp³-hybridized carbons (Fsp3) is 0.478. The van der Waals surface area contributed by atoms with E-state index in [4.69, 9.17) is 4.98 Å². The Bertz CT molecular complexity index is 976. The maximum absolute atomic E-state index is 13.2. The van der Waals surface area contributed by atoms with Crippen LogP contribution in [0.15, 0.2) is 42.6 Å². The van der Waals surface area contributed by atoms with Crippen LogP contribution in [-0.2, 0) is 11.8 Å². The number of amides is 1. The molecular formula is C23H28N4OS. The Morgan fingerprint density at radius 1 is 1.14 bits per heavy atom. The summed E-state index contributed by atoms with van der Waals surface area (Å²) in [6, 6.07) is 13.0. The van der Waals surface area contributed by atoms with Gasteiger partial charge in [0, 0.05) is 37.9 Å². The van der Waals surface area contributed by atoms with Crippen LogP contribution < -0.4 is 0 Å². The largest absolute Gasteiger partial charge is 0.353 e. The highest BCUT2D eigenvalue weighted by atomic mass is 32.1. The number of hydrogen-bond acceptors (Lipinski definition) is 4. The van der Waals surface area contributed by atoms with Crippen molar-refractivity contribution in [3.8, 4) is 0 Å². The van der Waals surface area contributed by atoms with E-state index in [9.17, 15) is 4.79 Å². The second-order valence-corrected chi connectivity index (χ2v) is 9.43. The van der Waals surface area contributed by atoms with Gasteiger partial charge in [-0.1, -0.05) is 12.1 Å². The predicted molar refractivity (Wildman–Crippen MR) is 117 cm³/mol. The summed E-state index contributed by atoms with van der Waals surface area (Å²) >= 11 is 1.79. The van der Waals surface area contributed by atoms with Gasteiger partial charge in [0.2, 0.25) is 5.91 Å². The van der Waals surface area contributed by atoms with Gasteiger partial charge in [0.25, 0.3) is 0 Å². The fourth-order valence-electron chi connectivity index (χ4n) is 4.91. The van der Waals surface area contributed by atoms with Crippen molar-refractivity contribution in [2.45, 2.75) is 37.6 Å². The zero-order chi connectivity index (χ0) is 19.8. The number of para-hydroxylation sites is 1. The van der Waals surface area contributed by atoms with E-state index < -0.39 is 0 Å². The Morgan fingerprint density at radius 2 is 2.00 bits per heavy atom. The van der Waals surface area contributed by atoms with Crippen molar-refractivity contribution in [1.29, 1.82) is 0 Å². The van der Waals surface area contributed by atoms with Crippen LogP contribution >= 0.6 is 11.3 Å². The molecule has 0 unspecified atom stereocenters. The van der Waals surface area contributed by atoms with Crippen LogP contribution in [0, 0.1) is 0 Å². The summed E-state index contributed by atoms with van der Waals surface area (Å²) < 4.78 is 3.44. The number of carbonyl (C=O) groups is 1. The number of aryl methyl sites for hydroxylation is 1. The number of aromatic nitrogens is 2. The van der Waals surface area contributed by atoms with Gasteiger partial charge >= 0.3 is 0 Å². The van der Waals surface area contributed by atoms with Crippen molar-refractivity contribution in [1.82, 2.24) is 19.4 Å². The molecule has 1 amide bonds. The Hall–Kier alpha value is -2.18. The summed E-state index contributed by atoms with van der Waals surface area (Å²) in [5.41, 5.74) is 2.40. The highest BCUT2D eigenvalue weighted by Gasteiger charge is 2.32. The van der Waals surface area contributed by atoms with Gasteiger partial charge in [-0.05, 0) is 56.5 Å². The van der Waals surface area contributed by atoms with E-state index in [0.29, 0.717) is 18.5 Å². The highest BCUT2D eigenvalue weighted by Crippen LogP contribution is 2.34. The molecule has 0 N–H and O–H groups in total. The molecule has 2 aliphatic heterocycles. The van der Waals surface area contributed by atoms with E-state index in [1.807, 2.05) is 6.07 Å². The summed E-state index contributed by atoms with van der Waals surface area (Å²) in [7, 11) is 2.10. The first-order valence-corrected chi connectivity index (χ1v) is 11.5. The number of fused-ring (bicyclic) bond motifs is 1. The molecule has 0 bridgehead atoms. The minimum Gasteiger partial charge on any atom is -0.353 e. The van der Waals surface area contributed by atoms with Crippen LogP contribution in [0.5, 0.6) is 0 Å². The summed E-state index contributed by atoms with van der Waals surface area (Å²) in [5.74, 6) is 0.643. The molecule has 0 radical (unpaired) electrons. The highest BCUT2D eigenvalue weighted by molar-refractivity contribution is 7.18. The number of likely N-dealkylation sites (tertiary alicyclic amines) is 2. The monoisotopic (exact) mass is 408 g/mol. The molecular weight excluding hydrogens is 380 g/mol. The maximum Gasteiger partial charge on any atom is 0.236 e. The van der Waals surface area contributed by atoms with E-state index in [1.54, 1.807) is 11.3 Å². The number of rotatable bonds is 4. The van der Waals surface area contributed by atoms with Crippen LogP contribution in [0.2, 0.25) is 0 Å². The Kier molecular flexibility index (Phi) is 5.14. The lowest BCUT2D eigenvalue weighted by Gasteiger charge is -2.34. The lowest BCUT2D eigenvalue weighted by atomic mass is 9.98. The van der Waals surface area contributed by atoms with E-state index in [1.165, 1.54) is 15.4 Å². The first-order chi connectivity index (χ1) is 14.2. The zero-order valence-corrected chi connectivity index (χ0v) is 17.8. The molecule has 6 heteroatoms. The Morgan fingerprint density at radius 3 is 2.83 bits per heavy atom. The average Bonchev–Trinajstić information content (AvgIpc) is 3.47. The summed E-state index contributed by atoms with van der Waals surface area (Å²) in [6.45, 7) is 3.23. The lowest BCUT2D eigenvalue weighted by Crippen LogP contribution is -2.44. The molecule has 3 aromatic rings. The van der Waals surface area contributed by atoms with Crippen LogP contribution in [0.3, 0.4) is 0 Å². The standard InChI is InChI=1S/C23H28N4OS/c1-25-12-5-9-19(25)20-10-6-13-26(20)16-22(28)27-14-4-7-17(15-27)23-24-18-8-2-3-11-21(18)29-23/h2-3,5,8-9,11-12,17,20H,4,6-7,10,13-16H2,1H3/t17-,20+/m1/s1. The minimum atomic E-state index is 0.275. The van der Waals surface area contributed by atoms with Crippen molar-refractivity contribution in [3.05, 3.63) is 53.3 Å². The third-order valence-electron chi connectivity index (χ3n) is 6.46. The predicted octanol–water partition coefficient (Wildman–Crippen LogP) is 4.18. The van der Waals surface area contributed by atoms with Crippen molar-refractivity contribution >= 4 is 27.5 Å². The van der Waals surface area contributed by atoms with Gasteiger partial charge in [-0.15, -0.1) is 11.3 Å². The molecule has 29 heavy (non-hydrogen) atoms. The second kappa shape index (κ2) is 7.92. The Balaban J connectivity index is 1.27. The molecule has 4 heterocycles. The second-order valence-electron chi connectivity index (χ2n) is 8.37. The minimum absolute atomic E-state index is 0.275. The van der Waals surface area contributed by atoms with Gasteiger partial charge in [-0.3, -0.25) is 9.69 Å². The fourth-order valence-corrected chi connectivity index (χ4v) is 6.01. The summed E-state index contributed by atoms with van der Waals surface area (Å²) in [4.78, 5) is 22.5. The van der Waals surface area contributed by atoms with Gasteiger partial charge in [0.1, 0.15) is 0 Å². The van der Waals surface area contributed by atoms with Crippen LogP contribution in [-0.4, -0.2) is 51.4 Å². The molecule has 0 spiro atoms. The quantitative estimate of drug-likeness (QED) is 0.650. The molecule has 2 fully saturated rings. The third-order valence-corrected chi connectivity index (χ3v) is 7.66. The molecule has 5 nitrogen and oxygen atoms in total. The summed E-state index contributed by atoms with van der Waals surface area (Å²) in [5, 5.41) is 1.19. The van der Waals surface area contributed by atoms with Crippen molar-refractivity contribution < 1.29 is 4.79 Å². The first kappa shape index (κ1) is 18.8. The zero-order valence-electron chi connectivity index (χ0n) is 17.0. The number of benzene rings is 1. The molecule has 0 saturated carbocycles. The molecule has 2 aromatic heterocycles. The molecule has 2 aliphatic rings. The third kappa shape index (κ3) is 3.71. The maximum atomic E-state index is 13.2. The van der Waals surface area contributed by atoms with Crippen LogP contribution in [0.1, 0.15) is 48.3 Å². The number of piperidine rings is 1. The number of nitrogens with zero attached hydrogens (tertiary/aromatic N) is 4. The van der Waals surface area contributed by atoms with Crippen molar-refractivity contribution in [2.24, 2.45) is 7.05 Å². The number of carbonyl (C=O) groups excluding carboxylic acids is 1. The molecule has 152 valence electrons. The van der Waals surface area contributed by atoms with Crippen molar-refractivity contribution in [3.63, 3.8) is 0 Å². The number of hydrogen-bond donors (Lipinski definition) is 0. The van der Waals surface area contributed by atoms with E-state index in [-0.39, 0.29) is 5.91 Å². The molecule has 2 saturated heterocycles. The van der Waals surface area contributed by atoms with Crippen LogP contribution in [0.25, 0.3) is 10.2 Å². The van der Waals surface area contributed by atoms with Gasteiger partial charge in [-0.2, -0.15) is 0 Å². The molecule has 5 rings (SSSR count). The van der Waals surface area contributed by atoms with Gasteiger partial charge in [0.05, 0.1) is 27.8 Å². The molecule has 2 atom stereocenters. The van der Waals surface area contributed by atoms with Gasteiger partial charge < -0.3 is 9.47 Å². The van der Waals surface area contributed by atoms with Gasteiger partial charge in [-0.25, -0.2) is 4.98 Å².